The predicted octanol–water partition coefficient (Wildman–Crippen LogP) is 3.82. The Morgan fingerprint density at radius 1 is 1.33 bits per heavy atom. The van der Waals surface area contributed by atoms with E-state index >= 15 is 0 Å². The second-order valence-corrected chi connectivity index (χ2v) is 7.21. The summed E-state index contributed by atoms with van der Waals surface area (Å²) in [6, 6.07) is 8.21. The number of thiophene rings is 1. The number of hydrogen-bond acceptors (Lipinski definition) is 4. The van der Waals surface area contributed by atoms with Crippen LogP contribution in [0.25, 0.3) is 0 Å². The van der Waals surface area contributed by atoms with E-state index in [4.69, 9.17) is 4.74 Å². The molecule has 1 saturated heterocycles. The summed E-state index contributed by atoms with van der Waals surface area (Å²) in [5.41, 5.74) is 0.235. The lowest BCUT2D eigenvalue weighted by Gasteiger charge is -2.40. The molecule has 4 heteroatoms. The maximum atomic E-state index is 5.97. The van der Waals surface area contributed by atoms with Crippen LogP contribution < -0.4 is 4.74 Å². The lowest BCUT2D eigenvalue weighted by Crippen LogP contribution is -2.44. The van der Waals surface area contributed by atoms with Crippen molar-refractivity contribution in [3.05, 3.63) is 46.9 Å². The van der Waals surface area contributed by atoms with Crippen LogP contribution in [0.15, 0.2) is 42.0 Å². The van der Waals surface area contributed by atoms with Crippen molar-refractivity contribution in [1.82, 2.24) is 9.88 Å². The smallest absolute Gasteiger partial charge is 0.122 e. The topological polar surface area (TPSA) is 25.4 Å². The van der Waals surface area contributed by atoms with Crippen LogP contribution in [0.3, 0.4) is 0 Å². The molecule has 1 unspecified atom stereocenters. The molecule has 21 heavy (non-hydrogen) atoms. The first-order valence-electron chi connectivity index (χ1n) is 7.51. The average molecular weight is 302 g/mol. The van der Waals surface area contributed by atoms with Gasteiger partial charge in [0, 0.05) is 35.8 Å². The van der Waals surface area contributed by atoms with Gasteiger partial charge in [-0.3, -0.25) is 9.88 Å². The highest BCUT2D eigenvalue weighted by Crippen LogP contribution is 2.31. The molecular formula is C17H22N2OS. The van der Waals surface area contributed by atoms with E-state index in [9.17, 15) is 0 Å². The Hall–Kier alpha value is -1.39. The van der Waals surface area contributed by atoms with E-state index < -0.39 is 0 Å². The molecule has 1 atom stereocenters. The molecule has 2 aromatic rings. The van der Waals surface area contributed by atoms with Gasteiger partial charge in [-0.2, -0.15) is 0 Å². The highest BCUT2D eigenvalue weighted by Gasteiger charge is 2.31. The molecule has 1 aliphatic heterocycles. The van der Waals surface area contributed by atoms with Gasteiger partial charge in [0.2, 0.25) is 0 Å². The Bertz CT molecular complexity index is 543. The molecule has 3 rings (SSSR count). The van der Waals surface area contributed by atoms with Crippen LogP contribution in [0.5, 0.6) is 5.75 Å². The summed E-state index contributed by atoms with van der Waals surface area (Å²) in [5.74, 6) is 0.918. The fraction of sp³-hybridized carbons (Fsp3) is 0.471. The number of hydrogen-bond donors (Lipinski definition) is 0. The maximum absolute atomic E-state index is 5.97. The van der Waals surface area contributed by atoms with Crippen molar-refractivity contribution >= 4 is 11.3 Å². The number of piperidine rings is 1. The maximum Gasteiger partial charge on any atom is 0.122 e. The minimum atomic E-state index is 0.235. The Labute approximate surface area is 130 Å². The third-order valence-corrected chi connectivity index (χ3v) is 4.92. The summed E-state index contributed by atoms with van der Waals surface area (Å²) in [6.07, 6.45) is 6.05. The third kappa shape index (κ3) is 4.05. The molecule has 0 spiro atoms. The van der Waals surface area contributed by atoms with Crippen molar-refractivity contribution in [2.45, 2.75) is 26.3 Å². The Morgan fingerprint density at radius 2 is 2.19 bits per heavy atom. The normalized spacial score (nSPS) is 23.1. The summed E-state index contributed by atoms with van der Waals surface area (Å²) in [5, 5.41) is 2.16. The lowest BCUT2D eigenvalue weighted by atomic mass is 9.82. The van der Waals surface area contributed by atoms with E-state index in [0.29, 0.717) is 0 Å². The molecule has 3 heterocycles. The number of ether oxygens (including phenoxy) is 1. The van der Waals surface area contributed by atoms with E-state index in [0.717, 1.165) is 25.4 Å². The standard InChI is InChI=1S/C17H22N2OS/c1-17(14-20-15-5-8-18-9-6-15)7-3-10-19(13-17)12-16-4-2-11-21-16/h2,4-6,8-9,11H,3,7,10,12-14H2,1H3. The Kier molecular flexibility index (Phi) is 4.56. The zero-order valence-electron chi connectivity index (χ0n) is 12.5. The van der Waals surface area contributed by atoms with Crippen LogP contribution >= 0.6 is 11.3 Å². The zero-order chi connectivity index (χ0) is 14.5. The van der Waals surface area contributed by atoms with Crippen molar-refractivity contribution in [2.75, 3.05) is 19.7 Å². The molecule has 0 N–H and O–H groups in total. The van der Waals surface area contributed by atoms with Gasteiger partial charge in [-0.25, -0.2) is 0 Å². The van der Waals surface area contributed by atoms with E-state index in [1.807, 2.05) is 23.5 Å². The fourth-order valence-electron chi connectivity index (χ4n) is 3.00. The fourth-order valence-corrected chi connectivity index (χ4v) is 3.74. The van der Waals surface area contributed by atoms with Crippen LogP contribution in [-0.2, 0) is 6.54 Å². The minimum absolute atomic E-state index is 0.235. The molecule has 0 amide bonds. The van der Waals surface area contributed by atoms with Crippen molar-refractivity contribution < 1.29 is 4.74 Å². The summed E-state index contributed by atoms with van der Waals surface area (Å²) >= 11 is 1.85. The number of likely N-dealkylation sites (tertiary alicyclic amines) is 1. The SMILES string of the molecule is CC1(COc2ccncc2)CCCN(Cc2cccs2)C1. The monoisotopic (exact) mass is 302 g/mol. The van der Waals surface area contributed by atoms with Gasteiger partial charge in [-0.05, 0) is 43.0 Å². The molecular weight excluding hydrogens is 280 g/mol. The largest absolute Gasteiger partial charge is 0.493 e. The van der Waals surface area contributed by atoms with Crippen LogP contribution in [0, 0.1) is 5.41 Å². The van der Waals surface area contributed by atoms with Crippen molar-refractivity contribution in [2.24, 2.45) is 5.41 Å². The first-order chi connectivity index (χ1) is 10.2. The first-order valence-corrected chi connectivity index (χ1v) is 8.39. The van der Waals surface area contributed by atoms with E-state index in [2.05, 4.69) is 34.3 Å². The first kappa shape index (κ1) is 14.5. The lowest BCUT2D eigenvalue weighted by molar-refractivity contribution is 0.0528. The van der Waals surface area contributed by atoms with Gasteiger partial charge in [0.1, 0.15) is 5.75 Å². The van der Waals surface area contributed by atoms with Gasteiger partial charge >= 0.3 is 0 Å². The van der Waals surface area contributed by atoms with Crippen LogP contribution in [0.4, 0.5) is 0 Å². The van der Waals surface area contributed by atoms with Gasteiger partial charge in [0.15, 0.2) is 0 Å². The number of nitrogens with zero attached hydrogens (tertiary/aromatic N) is 2. The highest BCUT2D eigenvalue weighted by molar-refractivity contribution is 7.09. The van der Waals surface area contributed by atoms with E-state index in [-0.39, 0.29) is 5.41 Å². The average Bonchev–Trinajstić information content (AvgIpc) is 2.99. The Balaban J connectivity index is 1.56. The minimum Gasteiger partial charge on any atom is -0.493 e. The van der Waals surface area contributed by atoms with Gasteiger partial charge in [0.25, 0.3) is 0 Å². The zero-order valence-corrected chi connectivity index (χ0v) is 13.3. The van der Waals surface area contributed by atoms with Crippen molar-refractivity contribution in [1.29, 1.82) is 0 Å². The molecule has 0 saturated carbocycles. The van der Waals surface area contributed by atoms with E-state index in [1.54, 1.807) is 12.4 Å². The molecule has 3 nitrogen and oxygen atoms in total. The number of pyridine rings is 1. The molecule has 112 valence electrons. The second-order valence-electron chi connectivity index (χ2n) is 6.18. The van der Waals surface area contributed by atoms with Gasteiger partial charge in [-0.1, -0.05) is 13.0 Å². The summed E-state index contributed by atoms with van der Waals surface area (Å²) in [7, 11) is 0. The van der Waals surface area contributed by atoms with Crippen LogP contribution in [0.1, 0.15) is 24.6 Å². The van der Waals surface area contributed by atoms with Crippen LogP contribution in [0.2, 0.25) is 0 Å². The molecule has 0 radical (unpaired) electrons. The van der Waals surface area contributed by atoms with Gasteiger partial charge in [0.05, 0.1) is 6.61 Å². The Morgan fingerprint density at radius 3 is 2.95 bits per heavy atom. The molecule has 0 aliphatic carbocycles. The highest BCUT2D eigenvalue weighted by atomic mass is 32.1. The van der Waals surface area contributed by atoms with Crippen molar-refractivity contribution in [3.8, 4) is 5.75 Å². The molecule has 0 bridgehead atoms. The molecule has 2 aromatic heterocycles. The molecule has 1 fully saturated rings. The quantitative estimate of drug-likeness (QED) is 0.839. The molecule has 0 aromatic carbocycles. The third-order valence-electron chi connectivity index (χ3n) is 4.06. The predicted molar refractivity (Wildman–Crippen MR) is 86.7 cm³/mol. The van der Waals surface area contributed by atoms with E-state index in [1.165, 1.54) is 24.3 Å². The van der Waals surface area contributed by atoms with Gasteiger partial charge in [-0.15, -0.1) is 11.3 Å². The number of rotatable bonds is 5. The second kappa shape index (κ2) is 6.58. The number of aromatic nitrogens is 1. The summed E-state index contributed by atoms with van der Waals surface area (Å²) in [6.45, 7) is 6.49. The summed E-state index contributed by atoms with van der Waals surface area (Å²) < 4.78 is 5.97. The van der Waals surface area contributed by atoms with Crippen molar-refractivity contribution in [3.63, 3.8) is 0 Å². The molecule has 1 aliphatic rings. The van der Waals surface area contributed by atoms with Crippen LogP contribution in [-0.4, -0.2) is 29.6 Å². The van der Waals surface area contributed by atoms with Gasteiger partial charge < -0.3 is 4.74 Å². The summed E-state index contributed by atoms with van der Waals surface area (Å²) in [4.78, 5) is 8.04.